The van der Waals surface area contributed by atoms with E-state index in [1.807, 2.05) is 0 Å². The minimum atomic E-state index is -0.258. The maximum Gasteiger partial charge on any atom is 0.248 e. The number of halogens is 1. The van der Waals surface area contributed by atoms with Crippen molar-refractivity contribution in [2.24, 2.45) is 0 Å². The van der Waals surface area contributed by atoms with Crippen LogP contribution in [0.5, 0.6) is 0 Å². The van der Waals surface area contributed by atoms with Crippen molar-refractivity contribution < 1.29 is 9.13 Å². The Balaban J connectivity index is 1.50. The minimum Gasteiger partial charge on any atom is -0.376 e. The Labute approximate surface area is 139 Å². The fourth-order valence-electron chi connectivity index (χ4n) is 2.39. The highest BCUT2D eigenvalue weighted by Crippen LogP contribution is 2.11. The van der Waals surface area contributed by atoms with Gasteiger partial charge in [0.2, 0.25) is 5.95 Å². The quantitative estimate of drug-likeness (QED) is 0.814. The molecule has 0 saturated carbocycles. The number of rotatable bonds is 5. The normalized spacial score (nSPS) is 17.2. The number of nitrogens with one attached hydrogen (secondary N) is 2. The van der Waals surface area contributed by atoms with E-state index < -0.39 is 0 Å². The Kier molecular flexibility index (Phi) is 5.14. The SMILES string of the molecule is Fc1ccccc1Cn1cnc(NC(=S)NCC2CCCO2)n1. The highest BCUT2D eigenvalue weighted by molar-refractivity contribution is 7.80. The third-order valence-electron chi connectivity index (χ3n) is 3.57. The van der Waals surface area contributed by atoms with E-state index in [0.29, 0.717) is 29.7 Å². The fourth-order valence-corrected chi connectivity index (χ4v) is 2.56. The molecule has 1 unspecified atom stereocenters. The molecule has 2 aromatic rings. The Morgan fingerprint density at radius 3 is 3.09 bits per heavy atom. The molecule has 1 aromatic carbocycles. The number of hydrogen-bond acceptors (Lipinski definition) is 4. The predicted molar refractivity (Wildman–Crippen MR) is 88.7 cm³/mol. The van der Waals surface area contributed by atoms with Crippen LogP contribution in [0.4, 0.5) is 10.3 Å². The van der Waals surface area contributed by atoms with Gasteiger partial charge in [-0.1, -0.05) is 18.2 Å². The van der Waals surface area contributed by atoms with E-state index in [-0.39, 0.29) is 11.9 Å². The zero-order chi connectivity index (χ0) is 16.1. The maximum atomic E-state index is 13.6. The molecular weight excluding hydrogens is 317 g/mol. The molecule has 0 spiro atoms. The van der Waals surface area contributed by atoms with Crippen molar-refractivity contribution in [3.8, 4) is 0 Å². The van der Waals surface area contributed by atoms with Crippen LogP contribution >= 0.6 is 12.2 Å². The molecule has 0 radical (unpaired) electrons. The molecule has 1 saturated heterocycles. The fraction of sp³-hybridized carbons (Fsp3) is 0.400. The summed E-state index contributed by atoms with van der Waals surface area (Å²) in [6.45, 7) is 1.80. The van der Waals surface area contributed by atoms with Crippen LogP contribution in [-0.2, 0) is 11.3 Å². The molecular formula is C15H18FN5OS. The number of ether oxygens (including phenoxy) is 1. The highest BCUT2D eigenvalue weighted by atomic mass is 32.1. The first-order chi connectivity index (χ1) is 11.2. The van der Waals surface area contributed by atoms with Gasteiger partial charge < -0.3 is 10.1 Å². The Bertz CT molecular complexity index is 671. The van der Waals surface area contributed by atoms with Gasteiger partial charge in [0.15, 0.2) is 5.11 Å². The summed E-state index contributed by atoms with van der Waals surface area (Å²) in [4.78, 5) is 4.12. The molecule has 2 heterocycles. The molecule has 1 atom stereocenters. The van der Waals surface area contributed by atoms with Crippen molar-refractivity contribution in [1.29, 1.82) is 0 Å². The Hall–Kier alpha value is -2.06. The van der Waals surface area contributed by atoms with Crippen LogP contribution in [0.2, 0.25) is 0 Å². The average Bonchev–Trinajstić information content (AvgIpc) is 3.19. The van der Waals surface area contributed by atoms with Crippen molar-refractivity contribution in [2.45, 2.75) is 25.5 Å². The van der Waals surface area contributed by atoms with E-state index in [1.165, 1.54) is 12.4 Å². The van der Waals surface area contributed by atoms with Gasteiger partial charge in [-0.25, -0.2) is 14.1 Å². The van der Waals surface area contributed by atoms with Gasteiger partial charge in [-0.15, -0.1) is 5.10 Å². The molecule has 1 aliphatic heterocycles. The van der Waals surface area contributed by atoms with E-state index in [2.05, 4.69) is 20.7 Å². The zero-order valence-electron chi connectivity index (χ0n) is 12.5. The second kappa shape index (κ2) is 7.47. The third kappa shape index (κ3) is 4.46. The molecule has 1 fully saturated rings. The van der Waals surface area contributed by atoms with E-state index in [9.17, 15) is 4.39 Å². The van der Waals surface area contributed by atoms with Crippen molar-refractivity contribution in [3.05, 3.63) is 42.0 Å². The summed E-state index contributed by atoms with van der Waals surface area (Å²) >= 11 is 5.20. The Morgan fingerprint density at radius 2 is 2.30 bits per heavy atom. The first-order valence-corrected chi connectivity index (χ1v) is 7.91. The lowest BCUT2D eigenvalue weighted by Gasteiger charge is -2.12. The molecule has 2 N–H and O–H groups in total. The van der Waals surface area contributed by atoms with Crippen LogP contribution in [0.3, 0.4) is 0 Å². The number of thiocarbonyl (C=S) groups is 1. The van der Waals surface area contributed by atoms with Gasteiger partial charge in [0.05, 0.1) is 12.6 Å². The lowest BCUT2D eigenvalue weighted by Crippen LogP contribution is -2.35. The third-order valence-corrected chi connectivity index (χ3v) is 3.81. The standard InChI is InChI=1S/C15H18FN5OS/c16-13-6-2-1-4-11(13)9-21-10-18-14(20-21)19-15(23)17-8-12-5-3-7-22-12/h1-2,4,6,10,12H,3,5,7-9H2,(H2,17,19,20,23). The van der Waals surface area contributed by atoms with Crippen LogP contribution in [0, 0.1) is 5.82 Å². The van der Waals surface area contributed by atoms with Crippen LogP contribution < -0.4 is 10.6 Å². The summed E-state index contributed by atoms with van der Waals surface area (Å²) in [5.74, 6) is 0.123. The first kappa shape index (κ1) is 15.8. The molecule has 3 rings (SSSR count). The topological polar surface area (TPSA) is 64.0 Å². The Morgan fingerprint density at radius 1 is 1.43 bits per heavy atom. The number of hydrogen-bond donors (Lipinski definition) is 2. The largest absolute Gasteiger partial charge is 0.376 e. The molecule has 8 heteroatoms. The lowest BCUT2D eigenvalue weighted by atomic mass is 10.2. The van der Waals surface area contributed by atoms with E-state index >= 15 is 0 Å². The molecule has 0 bridgehead atoms. The van der Waals surface area contributed by atoms with Gasteiger partial charge >= 0.3 is 0 Å². The van der Waals surface area contributed by atoms with E-state index in [1.54, 1.807) is 22.9 Å². The summed E-state index contributed by atoms with van der Waals surface area (Å²) < 4.78 is 20.7. The average molecular weight is 335 g/mol. The number of anilines is 1. The van der Waals surface area contributed by atoms with Gasteiger partial charge in [-0.2, -0.15) is 0 Å². The first-order valence-electron chi connectivity index (χ1n) is 7.50. The minimum absolute atomic E-state index is 0.210. The van der Waals surface area contributed by atoms with Crippen LogP contribution in [-0.4, -0.2) is 39.1 Å². The molecule has 0 amide bonds. The highest BCUT2D eigenvalue weighted by Gasteiger charge is 2.15. The predicted octanol–water partition coefficient (Wildman–Crippen LogP) is 1.93. The number of benzene rings is 1. The number of aromatic nitrogens is 3. The smallest absolute Gasteiger partial charge is 0.248 e. The summed E-state index contributed by atoms with van der Waals surface area (Å²) in [6, 6.07) is 6.59. The number of nitrogens with zero attached hydrogens (tertiary/aromatic N) is 3. The monoisotopic (exact) mass is 335 g/mol. The second-order valence-corrected chi connectivity index (χ2v) is 5.74. The zero-order valence-corrected chi connectivity index (χ0v) is 13.4. The van der Waals surface area contributed by atoms with Gasteiger partial charge in [-0.05, 0) is 31.1 Å². The lowest BCUT2D eigenvalue weighted by molar-refractivity contribution is 0.114. The van der Waals surface area contributed by atoms with Gasteiger partial charge in [0.25, 0.3) is 0 Å². The molecule has 6 nitrogen and oxygen atoms in total. The van der Waals surface area contributed by atoms with E-state index in [0.717, 1.165) is 19.4 Å². The van der Waals surface area contributed by atoms with Gasteiger partial charge in [0.1, 0.15) is 12.1 Å². The van der Waals surface area contributed by atoms with Crippen molar-refractivity contribution in [2.75, 3.05) is 18.5 Å². The molecule has 1 aliphatic rings. The van der Waals surface area contributed by atoms with E-state index in [4.69, 9.17) is 17.0 Å². The van der Waals surface area contributed by atoms with Crippen molar-refractivity contribution in [3.63, 3.8) is 0 Å². The maximum absolute atomic E-state index is 13.6. The molecule has 1 aromatic heterocycles. The van der Waals surface area contributed by atoms with Gasteiger partial charge in [-0.3, -0.25) is 5.32 Å². The molecule has 122 valence electrons. The van der Waals surface area contributed by atoms with Crippen molar-refractivity contribution >= 4 is 23.3 Å². The summed E-state index contributed by atoms with van der Waals surface area (Å²) in [6.07, 6.45) is 3.89. The molecule has 23 heavy (non-hydrogen) atoms. The summed E-state index contributed by atoms with van der Waals surface area (Å²) in [7, 11) is 0. The summed E-state index contributed by atoms with van der Waals surface area (Å²) in [5.41, 5.74) is 0.558. The summed E-state index contributed by atoms with van der Waals surface area (Å²) in [5, 5.41) is 10.7. The van der Waals surface area contributed by atoms with Crippen LogP contribution in [0.15, 0.2) is 30.6 Å². The van der Waals surface area contributed by atoms with Crippen molar-refractivity contribution in [1.82, 2.24) is 20.1 Å². The second-order valence-electron chi connectivity index (χ2n) is 5.33. The van der Waals surface area contributed by atoms with Crippen LogP contribution in [0.25, 0.3) is 0 Å². The van der Waals surface area contributed by atoms with Gasteiger partial charge in [0, 0.05) is 18.7 Å². The molecule has 0 aliphatic carbocycles. The van der Waals surface area contributed by atoms with Crippen LogP contribution in [0.1, 0.15) is 18.4 Å².